The van der Waals surface area contributed by atoms with Gasteiger partial charge in [-0.05, 0) is 18.2 Å². The molecule has 18 heavy (non-hydrogen) atoms. The van der Waals surface area contributed by atoms with Gasteiger partial charge in [-0.2, -0.15) is 0 Å². The number of nitrogens with zero attached hydrogens (tertiary/aromatic N) is 1. The molecule has 0 spiro atoms. The van der Waals surface area contributed by atoms with E-state index in [0.29, 0.717) is 16.0 Å². The third kappa shape index (κ3) is 2.82. The summed E-state index contributed by atoms with van der Waals surface area (Å²) in [5, 5.41) is 0. The number of rotatable bonds is 1. The van der Waals surface area contributed by atoms with Crippen LogP contribution in [0.4, 0.5) is 4.39 Å². The molecule has 0 aliphatic heterocycles. The summed E-state index contributed by atoms with van der Waals surface area (Å²) in [6.07, 6.45) is 0. The van der Waals surface area contributed by atoms with Crippen molar-refractivity contribution in [3.05, 3.63) is 46.5 Å². The number of hydrogen-bond donors (Lipinski definition) is 1. The first kappa shape index (κ1) is 12.9. The van der Waals surface area contributed by atoms with Crippen molar-refractivity contribution < 1.29 is 4.39 Å². The molecule has 0 amide bonds. The highest BCUT2D eigenvalue weighted by atomic mass is 32.1. The Balaban J connectivity index is 2.59. The summed E-state index contributed by atoms with van der Waals surface area (Å²) in [5.41, 5.74) is 1.63. The lowest BCUT2D eigenvalue weighted by Crippen LogP contribution is -2.14. The van der Waals surface area contributed by atoms with Crippen LogP contribution in [-0.2, 0) is 5.41 Å². The zero-order chi connectivity index (χ0) is 13.3. The molecule has 0 aliphatic rings. The van der Waals surface area contributed by atoms with Crippen molar-refractivity contribution in [2.45, 2.75) is 26.2 Å². The number of benzene rings is 1. The minimum absolute atomic E-state index is 0.0570. The third-order valence-corrected chi connectivity index (χ3v) is 2.86. The van der Waals surface area contributed by atoms with E-state index in [-0.39, 0.29) is 11.2 Å². The summed E-state index contributed by atoms with van der Waals surface area (Å²) in [7, 11) is 0. The van der Waals surface area contributed by atoms with Gasteiger partial charge in [-0.15, -0.1) is 0 Å². The van der Waals surface area contributed by atoms with Gasteiger partial charge in [-0.3, -0.25) is 0 Å². The Morgan fingerprint density at radius 2 is 1.94 bits per heavy atom. The highest BCUT2D eigenvalue weighted by molar-refractivity contribution is 7.71. The van der Waals surface area contributed by atoms with Crippen molar-refractivity contribution >= 4 is 12.2 Å². The molecule has 1 N–H and O–H groups in total. The second-order valence-corrected chi connectivity index (χ2v) is 5.66. The molecule has 2 rings (SSSR count). The van der Waals surface area contributed by atoms with Gasteiger partial charge < -0.3 is 4.98 Å². The molecule has 0 fully saturated rings. The highest BCUT2D eigenvalue weighted by Crippen LogP contribution is 2.23. The third-order valence-electron chi connectivity index (χ3n) is 2.65. The first-order valence-corrected chi connectivity index (χ1v) is 6.15. The summed E-state index contributed by atoms with van der Waals surface area (Å²) >= 11 is 5.16. The average Bonchev–Trinajstić information content (AvgIpc) is 2.27. The summed E-state index contributed by atoms with van der Waals surface area (Å²) < 4.78 is 13.7. The van der Waals surface area contributed by atoms with E-state index in [1.165, 1.54) is 12.1 Å². The Hall–Kier alpha value is -1.55. The molecule has 1 aromatic carbocycles. The number of halogens is 1. The number of aromatic nitrogens is 2. The zero-order valence-corrected chi connectivity index (χ0v) is 11.4. The summed E-state index contributed by atoms with van der Waals surface area (Å²) in [6.45, 7) is 6.26. The van der Waals surface area contributed by atoms with Crippen LogP contribution < -0.4 is 0 Å². The Labute approximate surface area is 111 Å². The topological polar surface area (TPSA) is 28.7 Å². The van der Waals surface area contributed by atoms with Gasteiger partial charge in [0, 0.05) is 16.7 Å². The fourth-order valence-corrected chi connectivity index (χ4v) is 1.84. The second kappa shape index (κ2) is 4.61. The van der Waals surface area contributed by atoms with Gasteiger partial charge >= 0.3 is 0 Å². The first-order chi connectivity index (χ1) is 8.36. The second-order valence-electron chi connectivity index (χ2n) is 5.24. The van der Waals surface area contributed by atoms with E-state index < -0.39 is 0 Å². The number of hydrogen-bond acceptors (Lipinski definition) is 2. The lowest BCUT2D eigenvalue weighted by atomic mass is 9.92. The van der Waals surface area contributed by atoms with E-state index >= 15 is 0 Å². The van der Waals surface area contributed by atoms with Crippen LogP contribution in [0.25, 0.3) is 11.4 Å². The smallest absolute Gasteiger partial charge is 0.139 e. The molecule has 1 heterocycles. The molecule has 0 aliphatic carbocycles. The van der Waals surface area contributed by atoms with E-state index in [0.717, 1.165) is 5.69 Å². The van der Waals surface area contributed by atoms with Crippen LogP contribution in [0.2, 0.25) is 0 Å². The fraction of sp³-hybridized carbons (Fsp3) is 0.286. The van der Waals surface area contributed by atoms with Crippen LogP contribution >= 0.6 is 12.2 Å². The van der Waals surface area contributed by atoms with Crippen molar-refractivity contribution in [3.63, 3.8) is 0 Å². The number of H-pyrrole nitrogens is 1. The van der Waals surface area contributed by atoms with Crippen molar-refractivity contribution in [1.82, 2.24) is 9.97 Å². The van der Waals surface area contributed by atoms with Crippen LogP contribution in [0, 0.1) is 10.5 Å². The lowest BCUT2D eigenvalue weighted by molar-refractivity contribution is 0.567. The van der Waals surface area contributed by atoms with Gasteiger partial charge in [0.05, 0.1) is 0 Å². The van der Waals surface area contributed by atoms with E-state index in [2.05, 4.69) is 30.7 Å². The molecule has 0 radical (unpaired) electrons. The van der Waals surface area contributed by atoms with Gasteiger partial charge in [-0.1, -0.05) is 45.1 Å². The molecule has 94 valence electrons. The summed E-state index contributed by atoms with van der Waals surface area (Å²) in [4.78, 5) is 7.48. The van der Waals surface area contributed by atoms with Crippen LogP contribution in [-0.4, -0.2) is 9.97 Å². The Kier molecular flexibility index (Phi) is 3.30. The lowest BCUT2D eigenvalue weighted by Gasteiger charge is -2.19. The van der Waals surface area contributed by atoms with E-state index in [4.69, 9.17) is 12.2 Å². The minimum atomic E-state index is -0.283. The van der Waals surface area contributed by atoms with Crippen LogP contribution in [0.5, 0.6) is 0 Å². The average molecular weight is 262 g/mol. The molecular weight excluding hydrogens is 247 g/mol. The SMILES string of the molecule is CC(C)(C)c1cc(=S)nc(-c2cccc(F)c2)[nH]1. The van der Waals surface area contributed by atoms with Gasteiger partial charge in [-0.25, -0.2) is 9.37 Å². The van der Waals surface area contributed by atoms with Crippen LogP contribution in [0.15, 0.2) is 30.3 Å². The molecule has 1 aromatic heterocycles. The van der Waals surface area contributed by atoms with Crippen molar-refractivity contribution in [3.8, 4) is 11.4 Å². The Bertz CT molecular complexity index is 626. The van der Waals surface area contributed by atoms with Gasteiger partial charge in [0.1, 0.15) is 16.3 Å². The molecule has 2 nitrogen and oxygen atoms in total. The number of nitrogens with one attached hydrogen (secondary N) is 1. The van der Waals surface area contributed by atoms with Crippen molar-refractivity contribution in [2.75, 3.05) is 0 Å². The predicted molar refractivity (Wildman–Crippen MR) is 73.5 cm³/mol. The zero-order valence-electron chi connectivity index (χ0n) is 10.6. The normalized spacial score (nSPS) is 11.6. The minimum Gasteiger partial charge on any atom is -0.343 e. The van der Waals surface area contributed by atoms with Gasteiger partial charge in [0.2, 0.25) is 0 Å². The molecule has 0 atom stereocenters. The van der Waals surface area contributed by atoms with Crippen molar-refractivity contribution in [2.24, 2.45) is 0 Å². The molecule has 4 heteroatoms. The maximum absolute atomic E-state index is 13.2. The van der Waals surface area contributed by atoms with E-state index in [1.807, 2.05) is 12.1 Å². The standard InChI is InChI=1S/C14H15FN2S/c1-14(2,3)11-8-12(18)17-13(16-11)9-5-4-6-10(15)7-9/h4-8H,1-3H3,(H,16,17,18). The maximum Gasteiger partial charge on any atom is 0.139 e. The highest BCUT2D eigenvalue weighted by Gasteiger charge is 2.16. The van der Waals surface area contributed by atoms with Crippen molar-refractivity contribution in [1.29, 1.82) is 0 Å². The maximum atomic E-state index is 13.2. The Morgan fingerprint density at radius 3 is 2.56 bits per heavy atom. The quantitative estimate of drug-likeness (QED) is 0.779. The molecule has 0 saturated carbocycles. The Morgan fingerprint density at radius 1 is 1.22 bits per heavy atom. The monoisotopic (exact) mass is 262 g/mol. The molecule has 0 unspecified atom stereocenters. The van der Waals surface area contributed by atoms with E-state index in [9.17, 15) is 4.39 Å². The first-order valence-electron chi connectivity index (χ1n) is 5.74. The van der Waals surface area contributed by atoms with Crippen LogP contribution in [0.3, 0.4) is 0 Å². The predicted octanol–water partition coefficient (Wildman–Crippen LogP) is 4.24. The molecular formula is C14H15FN2S. The molecule has 2 aromatic rings. The van der Waals surface area contributed by atoms with E-state index in [1.54, 1.807) is 6.07 Å². The summed E-state index contributed by atoms with van der Waals surface area (Å²) in [6, 6.07) is 8.17. The summed E-state index contributed by atoms with van der Waals surface area (Å²) in [5.74, 6) is 0.321. The van der Waals surface area contributed by atoms with Crippen LogP contribution in [0.1, 0.15) is 26.5 Å². The molecule has 0 bridgehead atoms. The molecule has 0 saturated heterocycles. The van der Waals surface area contributed by atoms with Gasteiger partial charge in [0.25, 0.3) is 0 Å². The number of aromatic amines is 1. The van der Waals surface area contributed by atoms with Gasteiger partial charge in [0.15, 0.2) is 0 Å². The largest absolute Gasteiger partial charge is 0.343 e. The fourth-order valence-electron chi connectivity index (χ4n) is 1.63.